The van der Waals surface area contributed by atoms with E-state index in [2.05, 4.69) is 5.32 Å². The van der Waals surface area contributed by atoms with Gasteiger partial charge in [0.25, 0.3) is 0 Å². The fraction of sp³-hybridized carbons (Fsp3) is 1.00. The lowest BCUT2D eigenvalue weighted by Crippen LogP contribution is -2.47. The van der Waals surface area contributed by atoms with Gasteiger partial charge in [0.15, 0.2) is 9.84 Å². The van der Waals surface area contributed by atoms with Crippen molar-refractivity contribution < 1.29 is 13.5 Å². The van der Waals surface area contributed by atoms with Crippen LogP contribution in [0.4, 0.5) is 0 Å². The number of aliphatic hydroxyl groups excluding tert-OH is 1. The summed E-state index contributed by atoms with van der Waals surface area (Å²) in [7, 11) is -2.84. The molecule has 1 aliphatic heterocycles. The third-order valence-electron chi connectivity index (χ3n) is 4.48. The standard InChI is InChI=1S/C13H25NO3S/c15-11-13(6-2-1-3-7-13)10-14-12-5-4-8-18(16,17)9-12/h12,14-15H,1-11H2. The molecule has 1 atom stereocenters. The zero-order valence-corrected chi connectivity index (χ0v) is 11.8. The van der Waals surface area contributed by atoms with E-state index in [4.69, 9.17) is 0 Å². The summed E-state index contributed by atoms with van der Waals surface area (Å²) in [5, 5.41) is 13.0. The van der Waals surface area contributed by atoms with Crippen molar-refractivity contribution in [3.05, 3.63) is 0 Å². The van der Waals surface area contributed by atoms with Crippen LogP contribution in [0.5, 0.6) is 0 Å². The SMILES string of the molecule is O=S1(=O)CCCC(NCC2(CO)CCCCC2)C1. The predicted octanol–water partition coefficient (Wildman–Crippen LogP) is 1.10. The van der Waals surface area contributed by atoms with Gasteiger partial charge in [0.05, 0.1) is 11.5 Å². The van der Waals surface area contributed by atoms with E-state index in [1.807, 2.05) is 0 Å². The summed E-state index contributed by atoms with van der Waals surface area (Å²) in [4.78, 5) is 0. The minimum absolute atomic E-state index is 0.000537. The van der Waals surface area contributed by atoms with Crippen LogP contribution in [0, 0.1) is 5.41 Å². The van der Waals surface area contributed by atoms with E-state index >= 15 is 0 Å². The lowest BCUT2D eigenvalue weighted by molar-refractivity contribution is 0.0785. The summed E-state index contributed by atoms with van der Waals surface area (Å²) in [6, 6.07) is 0.0918. The van der Waals surface area contributed by atoms with Crippen LogP contribution in [0.25, 0.3) is 0 Å². The summed E-state index contributed by atoms with van der Waals surface area (Å²) in [6.45, 7) is 0.989. The van der Waals surface area contributed by atoms with E-state index in [1.165, 1.54) is 19.3 Å². The Labute approximate surface area is 110 Å². The largest absolute Gasteiger partial charge is 0.396 e. The van der Waals surface area contributed by atoms with E-state index in [-0.39, 0.29) is 23.8 Å². The average molecular weight is 275 g/mol. The molecule has 2 aliphatic rings. The van der Waals surface area contributed by atoms with Crippen LogP contribution in [0.3, 0.4) is 0 Å². The molecule has 0 spiro atoms. The van der Waals surface area contributed by atoms with Gasteiger partial charge in [-0.3, -0.25) is 0 Å². The Morgan fingerprint density at radius 2 is 1.89 bits per heavy atom. The maximum atomic E-state index is 11.6. The van der Waals surface area contributed by atoms with E-state index < -0.39 is 9.84 Å². The molecule has 4 nitrogen and oxygen atoms in total. The molecule has 2 N–H and O–H groups in total. The first-order valence-electron chi connectivity index (χ1n) is 7.10. The zero-order chi connectivity index (χ0) is 13.1. The number of rotatable bonds is 4. The monoisotopic (exact) mass is 275 g/mol. The zero-order valence-electron chi connectivity index (χ0n) is 11.0. The molecule has 106 valence electrons. The van der Waals surface area contributed by atoms with E-state index in [0.717, 1.165) is 32.2 Å². The van der Waals surface area contributed by atoms with Gasteiger partial charge in [-0.1, -0.05) is 19.3 Å². The highest BCUT2D eigenvalue weighted by molar-refractivity contribution is 7.91. The summed E-state index contributed by atoms with van der Waals surface area (Å²) < 4.78 is 23.1. The Balaban J connectivity index is 1.86. The molecule has 1 saturated heterocycles. The van der Waals surface area contributed by atoms with Crippen molar-refractivity contribution in [3.8, 4) is 0 Å². The molecule has 2 fully saturated rings. The molecule has 18 heavy (non-hydrogen) atoms. The minimum Gasteiger partial charge on any atom is -0.396 e. The lowest BCUT2D eigenvalue weighted by Gasteiger charge is -2.37. The van der Waals surface area contributed by atoms with Gasteiger partial charge in [0, 0.05) is 24.6 Å². The first-order valence-corrected chi connectivity index (χ1v) is 8.92. The number of aliphatic hydroxyl groups is 1. The number of sulfone groups is 1. The molecule has 1 aliphatic carbocycles. The van der Waals surface area contributed by atoms with Gasteiger partial charge in [-0.25, -0.2) is 8.42 Å². The van der Waals surface area contributed by atoms with Gasteiger partial charge in [-0.2, -0.15) is 0 Å². The highest BCUT2D eigenvalue weighted by atomic mass is 32.2. The van der Waals surface area contributed by atoms with Gasteiger partial charge in [-0.15, -0.1) is 0 Å². The average Bonchev–Trinajstić information content (AvgIpc) is 2.36. The minimum atomic E-state index is -2.84. The molecule has 5 heteroatoms. The lowest BCUT2D eigenvalue weighted by atomic mass is 9.74. The molecule has 0 bridgehead atoms. The smallest absolute Gasteiger partial charge is 0.151 e. The van der Waals surface area contributed by atoms with Crippen LogP contribution in [-0.4, -0.2) is 44.2 Å². The highest BCUT2D eigenvalue weighted by Gasteiger charge is 2.33. The van der Waals surface area contributed by atoms with Gasteiger partial charge >= 0.3 is 0 Å². The first kappa shape index (κ1) is 14.3. The molecule has 0 aromatic carbocycles. The molecule has 1 heterocycles. The predicted molar refractivity (Wildman–Crippen MR) is 72.3 cm³/mol. The molecular weight excluding hydrogens is 250 g/mol. The van der Waals surface area contributed by atoms with Crippen molar-refractivity contribution in [1.82, 2.24) is 5.32 Å². The van der Waals surface area contributed by atoms with Crippen LogP contribution in [-0.2, 0) is 9.84 Å². The molecule has 0 aromatic rings. The van der Waals surface area contributed by atoms with Gasteiger partial charge in [-0.05, 0) is 25.7 Å². The second-order valence-electron chi connectivity index (χ2n) is 6.05. The molecule has 1 saturated carbocycles. The highest BCUT2D eigenvalue weighted by Crippen LogP contribution is 2.35. The molecule has 1 unspecified atom stereocenters. The number of hydrogen-bond donors (Lipinski definition) is 2. The fourth-order valence-corrected chi connectivity index (χ4v) is 4.91. The van der Waals surface area contributed by atoms with Gasteiger partial charge in [0.2, 0.25) is 0 Å². The third kappa shape index (κ3) is 3.68. The van der Waals surface area contributed by atoms with Crippen molar-refractivity contribution >= 4 is 9.84 Å². The Kier molecular flexibility index (Phi) is 4.67. The van der Waals surface area contributed by atoms with Crippen molar-refractivity contribution in [2.75, 3.05) is 24.7 Å². The van der Waals surface area contributed by atoms with Crippen LogP contribution in [0.15, 0.2) is 0 Å². The maximum Gasteiger partial charge on any atom is 0.151 e. The Morgan fingerprint density at radius 3 is 2.50 bits per heavy atom. The number of hydrogen-bond acceptors (Lipinski definition) is 4. The summed E-state index contributed by atoms with van der Waals surface area (Å²) in [6.07, 6.45) is 7.48. The molecule has 0 radical (unpaired) electrons. The van der Waals surface area contributed by atoms with E-state index in [0.29, 0.717) is 5.75 Å². The van der Waals surface area contributed by atoms with Crippen molar-refractivity contribution in [1.29, 1.82) is 0 Å². The van der Waals surface area contributed by atoms with Crippen LogP contribution >= 0.6 is 0 Å². The summed E-state index contributed by atoms with van der Waals surface area (Å²) in [5.41, 5.74) is -0.000537. The molecular formula is C13H25NO3S. The summed E-state index contributed by atoms with van der Waals surface area (Å²) >= 11 is 0. The third-order valence-corrected chi connectivity index (χ3v) is 6.30. The Morgan fingerprint density at radius 1 is 1.17 bits per heavy atom. The first-order chi connectivity index (χ1) is 8.55. The maximum absolute atomic E-state index is 11.6. The normalized spacial score (nSPS) is 31.1. The Hall–Kier alpha value is -0.130. The van der Waals surface area contributed by atoms with Crippen molar-refractivity contribution in [2.24, 2.45) is 5.41 Å². The van der Waals surface area contributed by atoms with Crippen molar-refractivity contribution in [2.45, 2.75) is 51.0 Å². The van der Waals surface area contributed by atoms with Crippen LogP contribution in [0.1, 0.15) is 44.9 Å². The summed E-state index contributed by atoms with van der Waals surface area (Å²) in [5.74, 6) is 0.616. The second-order valence-corrected chi connectivity index (χ2v) is 8.28. The topological polar surface area (TPSA) is 66.4 Å². The van der Waals surface area contributed by atoms with Gasteiger partial charge in [0.1, 0.15) is 0 Å². The van der Waals surface area contributed by atoms with Crippen molar-refractivity contribution in [3.63, 3.8) is 0 Å². The van der Waals surface area contributed by atoms with E-state index in [1.54, 1.807) is 0 Å². The van der Waals surface area contributed by atoms with Crippen LogP contribution < -0.4 is 5.32 Å². The Bertz CT molecular complexity index is 360. The molecule has 0 aromatic heterocycles. The number of nitrogens with one attached hydrogen (secondary N) is 1. The van der Waals surface area contributed by atoms with E-state index in [9.17, 15) is 13.5 Å². The fourth-order valence-electron chi connectivity index (χ4n) is 3.24. The molecule has 0 amide bonds. The second kappa shape index (κ2) is 5.88. The molecule has 2 rings (SSSR count). The van der Waals surface area contributed by atoms with Gasteiger partial charge < -0.3 is 10.4 Å². The quantitative estimate of drug-likeness (QED) is 0.806. The van der Waals surface area contributed by atoms with Crippen LogP contribution in [0.2, 0.25) is 0 Å².